The predicted molar refractivity (Wildman–Crippen MR) is 75.8 cm³/mol. The summed E-state index contributed by atoms with van der Waals surface area (Å²) in [5.74, 6) is 0.946. The maximum atomic E-state index is 5.64. The van der Waals surface area contributed by atoms with E-state index < -0.39 is 0 Å². The zero-order valence-electron chi connectivity index (χ0n) is 12.0. The van der Waals surface area contributed by atoms with Crippen LogP contribution in [0.5, 0.6) is 0 Å². The molecule has 1 saturated carbocycles. The Hall–Kier alpha value is -0.380. The van der Waals surface area contributed by atoms with Gasteiger partial charge in [0.25, 0.3) is 0 Å². The topological polar surface area (TPSA) is 24.5 Å². The van der Waals surface area contributed by atoms with Crippen molar-refractivity contribution in [2.24, 2.45) is 5.92 Å². The number of nitrogens with zero attached hydrogens (tertiary/aromatic N) is 1. The van der Waals surface area contributed by atoms with Gasteiger partial charge in [-0.25, -0.2) is 0 Å². The van der Waals surface area contributed by atoms with Crippen LogP contribution < -0.4 is 5.32 Å². The van der Waals surface area contributed by atoms with Crippen molar-refractivity contribution in [3.63, 3.8) is 0 Å². The fraction of sp³-hybridized carbons (Fsp3) is 0.867. The molecule has 3 nitrogen and oxygen atoms in total. The zero-order valence-corrected chi connectivity index (χ0v) is 12.0. The highest BCUT2D eigenvalue weighted by atomic mass is 16.5. The average Bonchev–Trinajstić information content (AvgIpc) is 3.18. The van der Waals surface area contributed by atoms with Gasteiger partial charge in [0.1, 0.15) is 0 Å². The van der Waals surface area contributed by atoms with Crippen LogP contribution in [0.4, 0.5) is 0 Å². The summed E-state index contributed by atoms with van der Waals surface area (Å²) in [6.45, 7) is 13.1. The van der Waals surface area contributed by atoms with Crippen LogP contribution in [0.1, 0.15) is 33.1 Å². The minimum absolute atomic E-state index is 0.688. The molecule has 0 radical (unpaired) electrons. The third-order valence-electron chi connectivity index (χ3n) is 4.10. The maximum Gasteiger partial charge on any atom is 0.0672 e. The molecule has 0 aromatic rings. The minimum Gasteiger partial charge on any atom is -0.376 e. The van der Waals surface area contributed by atoms with Crippen molar-refractivity contribution in [2.75, 3.05) is 32.8 Å². The van der Waals surface area contributed by atoms with E-state index in [9.17, 15) is 0 Å². The number of piperazine rings is 1. The van der Waals surface area contributed by atoms with Gasteiger partial charge in [0, 0.05) is 31.7 Å². The second-order valence-electron chi connectivity index (χ2n) is 5.92. The summed E-state index contributed by atoms with van der Waals surface area (Å²) in [4.78, 5) is 2.62. The number of rotatable bonds is 7. The maximum absolute atomic E-state index is 5.64. The number of ether oxygens (including phenoxy) is 1. The van der Waals surface area contributed by atoms with E-state index in [1.807, 2.05) is 6.92 Å². The molecule has 2 fully saturated rings. The van der Waals surface area contributed by atoms with Crippen molar-refractivity contribution in [3.8, 4) is 0 Å². The van der Waals surface area contributed by atoms with Gasteiger partial charge in [0.15, 0.2) is 0 Å². The van der Waals surface area contributed by atoms with Crippen LogP contribution in [0.25, 0.3) is 0 Å². The first kappa shape index (κ1) is 14.0. The highest BCUT2D eigenvalue weighted by Gasteiger charge is 2.36. The summed E-state index contributed by atoms with van der Waals surface area (Å²) in [5.41, 5.74) is 1.11. The normalized spacial score (nSPS) is 29.4. The number of nitrogens with one attached hydrogen (secondary N) is 1. The summed E-state index contributed by atoms with van der Waals surface area (Å²) in [5, 5.41) is 3.72. The SMILES string of the molecule is C=C(C)COCCN1CC(C2CC2)NCC1CC. The van der Waals surface area contributed by atoms with Crippen LogP contribution >= 0.6 is 0 Å². The minimum atomic E-state index is 0.688. The van der Waals surface area contributed by atoms with Crippen LogP contribution in [-0.2, 0) is 4.74 Å². The summed E-state index contributed by atoms with van der Waals surface area (Å²) < 4.78 is 5.64. The lowest BCUT2D eigenvalue weighted by molar-refractivity contribution is 0.0687. The molecule has 1 aliphatic heterocycles. The second-order valence-corrected chi connectivity index (χ2v) is 5.92. The van der Waals surface area contributed by atoms with Crippen LogP contribution in [0.15, 0.2) is 12.2 Å². The van der Waals surface area contributed by atoms with Gasteiger partial charge < -0.3 is 10.1 Å². The van der Waals surface area contributed by atoms with Gasteiger partial charge in [-0.05, 0) is 32.1 Å². The molecule has 2 rings (SSSR count). The van der Waals surface area contributed by atoms with E-state index in [2.05, 4.69) is 23.7 Å². The van der Waals surface area contributed by atoms with E-state index in [-0.39, 0.29) is 0 Å². The highest BCUT2D eigenvalue weighted by molar-refractivity contribution is 4.94. The van der Waals surface area contributed by atoms with Gasteiger partial charge >= 0.3 is 0 Å². The molecule has 3 heteroatoms. The molecule has 104 valence electrons. The Bertz CT molecular complexity index is 276. The van der Waals surface area contributed by atoms with Crippen molar-refractivity contribution in [2.45, 2.75) is 45.2 Å². The molecule has 0 amide bonds. The first-order valence-electron chi connectivity index (χ1n) is 7.40. The van der Waals surface area contributed by atoms with Crippen molar-refractivity contribution in [1.82, 2.24) is 10.2 Å². The van der Waals surface area contributed by atoms with Crippen molar-refractivity contribution in [1.29, 1.82) is 0 Å². The summed E-state index contributed by atoms with van der Waals surface area (Å²) in [6, 6.07) is 1.42. The third kappa shape index (κ3) is 4.08. The Morgan fingerprint density at radius 2 is 2.22 bits per heavy atom. The summed E-state index contributed by atoms with van der Waals surface area (Å²) in [6.07, 6.45) is 4.08. The van der Waals surface area contributed by atoms with E-state index >= 15 is 0 Å². The van der Waals surface area contributed by atoms with Gasteiger partial charge in [0.05, 0.1) is 13.2 Å². The Labute approximate surface area is 112 Å². The van der Waals surface area contributed by atoms with E-state index in [1.54, 1.807) is 0 Å². The number of hydrogen-bond acceptors (Lipinski definition) is 3. The average molecular weight is 252 g/mol. The molecular weight excluding hydrogens is 224 g/mol. The highest BCUT2D eigenvalue weighted by Crippen LogP contribution is 2.34. The van der Waals surface area contributed by atoms with Crippen molar-refractivity contribution >= 4 is 0 Å². The molecule has 2 unspecified atom stereocenters. The monoisotopic (exact) mass is 252 g/mol. The lowest BCUT2D eigenvalue weighted by Gasteiger charge is -2.40. The Balaban J connectivity index is 1.73. The molecule has 0 bridgehead atoms. The fourth-order valence-corrected chi connectivity index (χ4v) is 2.80. The molecular formula is C15H28N2O. The van der Waals surface area contributed by atoms with E-state index in [1.165, 1.54) is 25.8 Å². The van der Waals surface area contributed by atoms with Crippen LogP contribution in [0.2, 0.25) is 0 Å². The van der Waals surface area contributed by atoms with Gasteiger partial charge in [-0.1, -0.05) is 19.1 Å². The quantitative estimate of drug-likeness (QED) is 0.554. The molecule has 0 aromatic heterocycles. The van der Waals surface area contributed by atoms with E-state index in [0.717, 1.165) is 37.2 Å². The standard InChI is InChI=1S/C15H28N2O/c1-4-14-9-16-15(13-5-6-13)10-17(14)7-8-18-11-12(2)3/h13-16H,2,4-11H2,1,3H3. The van der Waals surface area contributed by atoms with Crippen LogP contribution in [0.3, 0.4) is 0 Å². The molecule has 18 heavy (non-hydrogen) atoms. The lowest BCUT2D eigenvalue weighted by Crippen LogP contribution is -2.57. The fourth-order valence-electron chi connectivity index (χ4n) is 2.80. The molecule has 1 heterocycles. The Morgan fingerprint density at radius 3 is 2.83 bits per heavy atom. The number of hydrogen-bond donors (Lipinski definition) is 1. The Kier molecular flexibility index (Phi) is 5.22. The van der Waals surface area contributed by atoms with E-state index in [4.69, 9.17) is 4.74 Å². The molecule has 2 aliphatic rings. The molecule has 0 spiro atoms. The van der Waals surface area contributed by atoms with E-state index in [0.29, 0.717) is 12.6 Å². The zero-order chi connectivity index (χ0) is 13.0. The summed E-state index contributed by atoms with van der Waals surface area (Å²) >= 11 is 0. The first-order chi connectivity index (χ1) is 8.70. The molecule has 1 saturated heterocycles. The predicted octanol–water partition coefficient (Wildman–Crippen LogP) is 2.04. The van der Waals surface area contributed by atoms with Crippen LogP contribution in [-0.4, -0.2) is 49.8 Å². The van der Waals surface area contributed by atoms with Crippen LogP contribution in [0, 0.1) is 5.92 Å². The lowest BCUT2D eigenvalue weighted by atomic mass is 10.0. The summed E-state index contributed by atoms with van der Waals surface area (Å²) in [7, 11) is 0. The van der Waals surface area contributed by atoms with Crippen molar-refractivity contribution < 1.29 is 4.74 Å². The Morgan fingerprint density at radius 1 is 1.44 bits per heavy atom. The molecule has 2 atom stereocenters. The van der Waals surface area contributed by atoms with Crippen molar-refractivity contribution in [3.05, 3.63) is 12.2 Å². The first-order valence-corrected chi connectivity index (χ1v) is 7.40. The largest absolute Gasteiger partial charge is 0.376 e. The molecule has 1 N–H and O–H groups in total. The molecule has 1 aliphatic carbocycles. The van der Waals surface area contributed by atoms with Gasteiger partial charge in [-0.15, -0.1) is 0 Å². The second kappa shape index (κ2) is 6.69. The van der Waals surface area contributed by atoms with Gasteiger partial charge in [-0.3, -0.25) is 4.90 Å². The van der Waals surface area contributed by atoms with Gasteiger partial charge in [-0.2, -0.15) is 0 Å². The third-order valence-corrected chi connectivity index (χ3v) is 4.10. The smallest absolute Gasteiger partial charge is 0.0672 e. The molecule has 0 aromatic carbocycles. The van der Waals surface area contributed by atoms with Gasteiger partial charge in [0.2, 0.25) is 0 Å².